The maximum Gasteiger partial charge on any atom is 0.257 e. The van der Waals surface area contributed by atoms with Gasteiger partial charge >= 0.3 is 0 Å². The monoisotopic (exact) mass is 218 g/mol. The second-order valence-corrected chi connectivity index (χ2v) is 2.74. The summed E-state index contributed by atoms with van der Waals surface area (Å²) in [5.74, 6) is -2.57. The predicted molar refractivity (Wildman–Crippen MR) is 48.8 cm³/mol. The topological polar surface area (TPSA) is 29.1 Å². The molecule has 75 valence electrons. The van der Waals surface area contributed by atoms with Crippen LogP contribution in [0.25, 0.3) is 0 Å². The molecular formula is C9H7ClF2NO. The molecule has 0 atom stereocenters. The predicted octanol–water partition coefficient (Wildman–Crippen LogP) is 2.10. The molecule has 0 saturated heterocycles. The number of halogens is 3. The van der Waals surface area contributed by atoms with Gasteiger partial charge in [0, 0.05) is 5.88 Å². The van der Waals surface area contributed by atoms with Crippen LogP contribution in [-0.2, 0) is 0 Å². The normalized spacial score (nSPS) is 9.93. The van der Waals surface area contributed by atoms with Crippen LogP contribution >= 0.6 is 11.6 Å². The average molecular weight is 219 g/mol. The highest BCUT2D eigenvalue weighted by Crippen LogP contribution is 2.11. The van der Waals surface area contributed by atoms with E-state index in [0.29, 0.717) is 0 Å². The molecule has 14 heavy (non-hydrogen) atoms. The van der Waals surface area contributed by atoms with Gasteiger partial charge in [0.1, 0.15) is 17.2 Å². The molecule has 0 saturated carbocycles. The van der Waals surface area contributed by atoms with Crippen molar-refractivity contribution in [2.45, 2.75) is 0 Å². The molecule has 2 nitrogen and oxygen atoms in total. The van der Waals surface area contributed by atoms with Gasteiger partial charge in [0.2, 0.25) is 0 Å². The molecule has 0 aromatic heterocycles. The largest absolute Gasteiger partial charge is 0.346 e. The molecule has 0 aliphatic heterocycles. The Morgan fingerprint density at radius 2 is 2.00 bits per heavy atom. The first-order chi connectivity index (χ1) is 6.66. The molecular weight excluding hydrogens is 212 g/mol. The first-order valence-corrected chi connectivity index (χ1v) is 4.32. The average Bonchev–Trinajstić information content (AvgIpc) is 2.14. The van der Waals surface area contributed by atoms with Gasteiger partial charge in [-0.2, -0.15) is 0 Å². The van der Waals surface area contributed by atoms with E-state index in [1.54, 1.807) is 0 Å². The number of nitrogens with one attached hydrogen (secondary N) is 1. The van der Waals surface area contributed by atoms with Gasteiger partial charge in [-0.3, -0.25) is 4.79 Å². The molecule has 1 N–H and O–H groups in total. The summed E-state index contributed by atoms with van der Waals surface area (Å²) in [7, 11) is 0. The highest BCUT2D eigenvalue weighted by Gasteiger charge is 2.15. The van der Waals surface area contributed by atoms with Crippen LogP contribution in [0, 0.1) is 18.2 Å². The smallest absolute Gasteiger partial charge is 0.257 e. The van der Waals surface area contributed by atoms with E-state index in [2.05, 4.69) is 5.32 Å². The SMILES string of the molecule is O=C(N[CH]CCl)c1c(F)cccc1F. The van der Waals surface area contributed by atoms with E-state index in [0.717, 1.165) is 12.1 Å². The Morgan fingerprint density at radius 1 is 1.43 bits per heavy atom. The van der Waals surface area contributed by atoms with Gasteiger partial charge in [0.15, 0.2) is 0 Å². The maximum absolute atomic E-state index is 13.0. The Balaban J connectivity index is 2.89. The van der Waals surface area contributed by atoms with Crippen molar-refractivity contribution in [3.05, 3.63) is 41.9 Å². The number of rotatable bonds is 3. The fourth-order valence-electron chi connectivity index (χ4n) is 0.918. The Labute approximate surface area is 84.9 Å². The number of alkyl halides is 1. The van der Waals surface area contributed by atoms with Crippen LogP contribution in [0.2, 0.25) is 0 Å². The van der Waals surface area contributed by atoms with Crippen LogP contribution in [0.3, 0.4) is 0 Å². The Bertz CT molecular complexity index is 323. The van der Waals surface area contributed by atoms with Crippen LogP contribution in [0.1, 0.15) is 10.4 Å². The highest BCUT2D eigenvalue weighted by molar-refractivity contribution is 6.18. The van der Waals surface area contributed by atoms with Gasteiger partial charge in [-0.1, -0.05) is 6.07 Å². The molecule has 0 aliphatic carbocycles. The quantitative estimate of drug-likeness (QED) is 0.774. The lowest BCUT2D eigenvalue weighted by molar-refractivity contribution is 0.0956. The van der Waals surface area contributed by atoms with E-state index in [1.807, 2.05) is 0 Å². The fourth-order valence-corrected chi connectivity index (χ4v) is 0.995. The summed E-state index contributed by atoms with van der Waals surface area (Å²) in [6.07, 6.45) is 0. The Hall–Kier alpha value is -1.16. The Morgan fingerprint density at radius 3 is 2.50 bits per heavy atom. The molecule has 0 fully saturated rings. The summed E-state index contributed by atoms with van der Waals surface area (Å²) in [4.78, 5) is 11.2. The lowest BCUT2D eigenvalue weighted by Gasteiger charge is -2.04. The molecule has 0 unspecified atom stereocenters. The molecule has 1 amide bonds. The van der Waals surface area contributed by atoms with Gasteiger partial charge < -0.3 is 5.32 Å². The van der Waals surface area contributed by atoms with Crippen molar-refractivity contribution in [2.24, 2.45) is 0 Å². The number of carbonyl (C=O) groups excluding carboxylic acids is 1. The summed E-state index contributed by atoms with van der Waals surface area (Å²) in [6, 6.07) is 3.21. The molecule has 5 heteroatoms. The molecule has 0 heterocycles. The molecule has 0 bridgehead atoms. The molecule has 1 rings (SSSR count). The standard InChI is InChI=1S/C9H7ClF2NO/c10-4-5-13-9(14)8-6(11)2-1-3-7(8)12/h1-3,5H,4H2,(H,13,14). The van der Waals surface area contributed by atoms with Crippen molar-refractivity contribution in [1.29, 1.82) is 0 Å². The summed E-state index contributed by atoms with van der Waals surface area (Å²) in [5, 5.41) is 2.15. The van der Waals surface area contributed by atoms with E-state index in [9.17, 15) is 13.6 Å². The third-order valence-corrected chi connectivity index (χ3v) is 1.65. The third-order valence-electron chi connectivity index (χ3n) is 1.50. The molecule has 1 radical (unpaired) electrons. The van der Waals surface area contributed by atoms with Gasteiger partial charge in [0.25, 0.3) is 5.91 Å². The van der Waals surface area contributed by atoms with E-state index in [-0.39, 0.29) is 5.88 Å². The lowest BCUT2D eigenvalue weighted by Crippen LogP contribution is -2.23. The van der Waals surface area contributed by atoms with Crippen molar-refractivity contribution in [2.75, 3.05) is 5.88 Å². The highest BCUT2D eigenvalue weighted by atomic mass is 35.5. The van der Waals surface area contributed by atoms with Crippen molar-refractivity contribution >= 4 is 17.5 Å². The van der Waals surface area contributed by atoms with E-state index >= 15 is 0 Å². The molecule has 1 aromatic carbocycles. The van der Waals surface area contributed by atoms with Crippen molar-refractivity contribution in [3.8, 4) is 0 Å². The second kappa shape index (κ2) is 4.91. The number of benzene rings is 1. The van der Waals surface area contributed by atoms with E-state index in [4.69, 9.17) is 11.6 Å². The summed E-state index contributed by atoms with van der Waals surface area (Å²) >= 11 is 5.25. The van der Waals surface area contributed by atoms with Gasteiger partial charge in [0.05, 0.1) is 6.54 Å². The van der Waals surface area contributed by atoms with E-state index in [1.165, 1.54) is 12.6 Å². The van der Waals surface area contributed by atoms with Crippen molar-refractivity contribution in [3.63, 3.8) is 0 Å². The number of hydrogen-bond donors (Lipinski definition) is 1. The minimum absolute atomic E-state index is 0.0712. The minimum atomic E-state index is -0.898. The van der Waals surface area contributed by atoms with Crippen LogP contribution in [0.5, 0.6) is 0 Å². The third kappa shape index (κ3) is 2.42. The lowest BCUT2D eigenvalue weighted by atomic mass is 10.2. The van der Waals surface area contributed by atoms with Crippen LogP contribution in [-0.4, -0.2) is 11.8 Å². The fraction of sp³-hybridized carbons (Fsp3) is 0.111. The summed E-state index contributed by atoms with van der Waals surface area (Å²) < 4.78 is 26.0. The van der Waals surface area contributed by atoms with Gasteiger partial charge in [-0.05, 0) is 12.1 Å². The van der Waals surface area contributed by atoms with Crippen molar-refractivity contribution in [1.82, 2.24) is 5.32 Å². The van der Waals surface area contributed by atoms with Gasteiger partial charge in [-0.15, -0.1) is 11.6 Å². The first-order valence-electron chi connectivity index (χ1n) is 3.79. The van der Waals surface area contributed by atoms with Crippen LogP contribution in [0.4, 0.5) is 8.78 Å². The number of carbonyl (C=O) groups is 1. The summed E-state index contributed by atoms with van der Waals surface area (Å²) in [6.45, 7) is 1.20. The van der Waals surface area contributed by atoms with Crippen molar-refractivity contribution < 1.29 is 13.6 Å². The van der Waals surface area contributed by atoms with E-state index < -0.39 is 23.1 Å². The maximum atomic E-state index is 13.0. The Kier molecular flexibility index (Phi) is 3.83. The van der Waals surface area contributed by atoms with Gasteiger partial charge in [-0.25, -0.2) is 8.78 Å². The summed E-state index contributed by atoms with van der Waals surface area (Å²) in [5.41, 5.74) is -0.603. The first kappa shape index (κ1) is 10.9. The zero-order chi connectivity index (χ0) is 10.6. The second-order valence-electron chi connectivity index (χ2n) is 2.43. The molecule has 0 aliphatic rings. The minimum Gasteiger partial charge on any atom is -0.346 e. The number of amides is 1. The van der Waals surface area contributed by atoms with Crippen LogP contribution < -0.4 is 5.32 Å². The molecule has 0 spiro atoms. The van der Waals surface area contributed by atoms with Crippen LogP contribution in [0.15, 0.2) is 18.2 Å². The molecule has 1 aromatic rings. The zero-order valence-corrected chi connectivity index (χ0v) is 7.81. The number of hydrogen-bond acceptors (Lipinski definition) is 1. The zero-order valence-electron chi connectivity index (χ0n) is 7.06.